The number of Topliss-reactive ketones (excluding diaryl/α,β-unsaturated/α-hetero) is 1. The van der Waals surface area contributed by atoms with E-state index < -0.39 is 0 Å². The summed E-state index contributed by atoms with van der Waals surface area (Å²) in [5.41, 5.74) is 0.984. The number of benzene rings is 2. The first-order valence-electron chi connectivity index (χ1n) is 9.51. The van der Waals surface area contributed by atoms with Gasteiger partial charge in [0.2, 0.25) is 11.8 Å². The minimum absolute atomic E-state index is 0.155. The number of ketones is 1. The summed E-state index contributed by atoms with van der Waals surface area (Å²) in [6.07, 6.45) is 5.03. The van der Waals surface area contributed by atoms with Crippen molar-refractivity contribution in [1.82, 2.24) is 0 Å². The number of allylic oxidation sites excluding steroid dienone is 2. The van der Waals surface area contributed by atoms with Gasteiger partial charge >= 0.3 is 0 Å². The highest BCUT2D eigenvalue weighted by molar-refractivity contribution is 6.23. The zero-order valence-electron chi connectivity index (χ0n) is 15.2. The third-order valence-corrected chi connectivity index (χ3v) is 6.03. The molecule has 1 heterocycles. The number of imide groups is 1. The molecule has 1 saturated carbocycles. The Hall–Kier alpha value is -3.21. The molecule has 0 radical (unpaired) electrons. The van der Waals surface area contributed by atoms with Crippen molar-refractivity contribution in [2.24, 2.45) is 23.7 Å². The van der Waals surface area contributed by atoms with E-state index in [1.165, 1.54) is 4.90 Å². The number of amides is 2. The lowest BCUT2D eigenvalue weighted by molar-refractivity contribution is -0.123. The Morgan fingerprint density at radius 3 is 2.18 bits per heavy atom. The molecule has 28 heavy (non-hydrogen) atoms. The number of hydrogen-bond donors (Lipinski definition) is 0. The van der Waals surface area contributed by atoms with Crippen LogP contribution >= 0.6 is 0 Å². The van der Waals surface area contributed by atoms with E-state index in [9.17, 15) is 14.4 Å². The predicted molar refractivity (Wildman–Crippen MR) is 103 cm³/mol. The van der Waals surface area contributed by atoms with Gasteiger partial charge in [0.05, 0.1) is 17.5 Å². The first kappa shape index (κ1) is 16.9. The second kappa shape index (κ2) is 6.44. The van der Waals surface area contributed by atoms with Gasteiger partial charge in [-0.25, -0.2) is 4.90 Å². The largest absolute Gasteiger partial charge is 0.483 e. The van der Waals surface area contributed by atoms with E-state index in [4.69, 9.17) is 4.74 Å². The Labute approximate surface area is 162 Å². The monoisotopic (exact) mass is 373 g/mol. The molecule has 0 spiro atoms. The molecule has 2 bridgehead atoms. The topological polar surface area (TPSA) is 63.7 Å². The van der Waals surface area contributed by atoms with Gasteiger partial charge in [-0.3, -0.25) is 14.4 Å². The zero-order chi connectivity index (χ0) is 19.3. The van der Waals surface area contributed by atoms with Crippen molar-refractivity contribution >= 4 is 23.3 Å². The van der Waals surface area contributed by atoms with Crippen molar-refractivity contribution in [2.75, 3.05) is 11.5 Å². The zero-order valence-corrected chi connectivity index (χ0v) is 15.2. The van der Waals surface area contributed by atoms with E-state index in [1.54, 1.807) is 48.5 Å². The fraction of sp³-hybridized carbons (Fsp3) is 0.261. The number of fused-ring (bicyclic) bond motifs is 5. The molecule has 5 nitrogen and oxygen atoms in total. The first-order valence-corrected chi connectivity index (χ1v) is 9.51. The maximum atomic E-state index is 13.0. The summed E-state index contributed by atoms with van der Waals surface area (Å²) < 4.78 is 5.74. The number of carbonyl (C=O) groups excluding carboxylic acids is 3. The van der Waals surface area contributed by atoms with E-state index in [2.05, 4.69) is 12.2 Å². The molecule has 0 N–H and O–H groups in total. The van der Waals surface area contributed by atoms with Gasteiger partial charge in [0.15, 0.2) is 12.4 Å². The molecule has 1 aliphatic heterocycles. The number of anilines is 1. The lowest BCUT2D eigenvalue weighted by Crippen LogP contribution is -2.33. The molecule has 5 rings (SSSR count). The van der Waals surface area contributed by atoms with Gasteiger partial charge in [-0.15, -0.1) is 0 Å². The SMILES string of the molecule is O=C(COc1ccccc1N1C(=O)[C@H]2[C@H](C1=O)[C@H]1C=C[C@H]2C1)c1ccccc1. The standard InChI is InChI=1S/C23H19NO4/c25-18(14-6-2-1-3-7-14)13-28-19-9-5-4-8-17(19)24-22(26)20-15-10-11-16(12-15)21(20)23(24)27/h1-11,15-16,20-21H,12-13H2/t15-,16-,20+,21+/m0/s1. The molecule has 0 unspecified atom stereocenters. The quantitative estimate of drug-likeness (QED) is 0.458. The third-order valence-electron chi connectivity index (χ3n) is 6.03. The Bertz CT molecular complexity index is 967. The summed E-state index contributed by atoms with van der Waals surface area (Å²) in [5.74, 6) is -0.312. The predicted octanol–water partition coefficient (Wildman–Crippen LogP) is 3.26. The summed E-state index contributed by atoms with van der Waals surface area (Å²) in [5, 5.41) is 0. The van der Waals surface area contributed by atoms with Crippen LogP contribution in [0.5, 0.6) is 5.75 Å². The maximum Gasteiger partial charge on any atom is 0.238 e. The fourth-order valence-corrected chi connectivity index (χ4v) is 4.75. The second-order valence-corrected chi connectivity index (χ2v) is 7.56. The lowest BCUT2D eigenvalue weighted by atomic mass is 9.85. The molecule has 5 heteroatoms. The minimum atomic E-state index is -0.262. The highest BCUT2D eigenvalue weighted by Gasteiger charge is 2.59. The molecule has 3 aliphatic rings. The smallest absolute Gasteiger partial charge is 0.238 e. The first-order chi connectivity index (χ1) is 13.6. The van der Waals surface area contributed by atoms with Crippen LogP contribution in [0.2, 0.25) is 0 Å². The molecule has 2 fully saturated rings. The molecule has 140 valence electrons. The Kier molecular flexibility index (Phi) is 3.90. The van der Waals surface area contributed by atoms with Crippen molar-refractivity contribution in [3.8, 4) is 5.75 Å². The highest BCUT2D eigenvalue weighted by Crippen LogP contribution is 2.53. The van der Waals surface area contributed by atoms with Crippen molar-refractivity contribution in [2.45, 2.75) is 6.42 Å². The molecule has 4 atom stereocenters. The number of hydrogen-bond acceptors (Lipinski definition) is 4. The summed E-state index contributed by atoms with van der Waals surface area (Å²) in [7, 11) is 0. The summed E-state index contributed by atoms with van der Waals surface area (Å²) in [6, 6.07) is 15.8. The minimum Gasteiger partial charge on any atom is -0.483 e. The normalized spacial score (nSPS) is 27.4. The number of nitrogens with zero attached hydrogens (tertiary/aromatic N) is 1. The van der Waals surface area contributed by atoms with Crippen LogP contribution in [0, 0.1) is 23.7 Å². The molecular weight excluding hydrogens is 354 g/mol. The van der Waals surface area contributed by atoms with Crippen molar-refractivity contribution in [3.05, 3.63) is 72.3 Å². The number of rotatable bonds is 5. The number of ether oxygens (including phenoxy) is 1. The Morgan fingerprint density at radius 1 is 0.893 bits per heavy atom. The summed E-state index contributed by atoms with van der Waals surface area (Å²) in [6.45, 7) is -0.156. The van der Waals surface area contributed by atoms with Crippen LogP contribution in [0.1, 0.15) is 16.8 Å². The van der Waals surface area contributed by atoms with Gasteiger partial charge < -0.3 is 4.74 Å². The van der Waals surface area contributed by atoms with E-state index >= 15 is 0 Å². The van der Waals surface area contributed by atoms with Crippen LogP contribution in [-0.2, 0) is 9.59 Å². The molecule has 2 amide bonds. The molecular formula is C23H19NO4. The van der Waals surface area contributed by atoms with Crippen LogP contribution < -0.4 is 9.64 Å². The summed E-state index contributed by atoms with van der Waals surface area (Å²) >= 11 is 0. The average Bonchev–Trinajstić information content (AvgIpc) is 3.41. The average molecular weight is 373 g/mol. The summed E-state index contributed by atoms with van der Waals surface area (Å²) in [4.78, 5) is 39.7. The van der Waals surface area contributed by atoms with Crippen LogP contribution in [0.4, 0.5) is 5.69 Å². The van der Waals surface area contributed by atoms with Crippen LogP contribution in [0.25, 0.3) is 0 Å². The fourth-order valence-electron chi connectivity index (χ4n) is 4.75. The van der Waals surface area contributed by atoms with Crippen molar-refractivity contribution < 1.29 is 19.1 Å². The van der Waals surface area contributed by atoms with Crippen molar-refractivity contribution in [1.29, 1.82) is 0 Å². The van der Waals surface area contributed by atoms with Gasteiger partial charge in [0.1, 0.15) is 5.75 Å². The third kappa shape index (κ3) is 2.50. The van der Waals surface area contributed by atoms with Gasteiger partial charge in [0, 0.05) is 5.56 Å². The molecule has 2 aromatic rings. The maximum absolute atomic E-state index is 13.0. The van der Waals surface area contributed by atoms with E-state index in [-0.39, 0.29) is 47.9 Å². The molecule has 1 saturated heterocycles. The van der Waals surface area contributed by atoms with Crippen molar-refractivity contribution in [3.63, 3.8) is 0 Å². The van der Waals surface area contributed by atoms with E-state index in [0.717, 1.165) is 6.42 Å². The Morgan fingerprint density at radius 2 is 1.50 bits per heavy atom. The van der Waals surface area contributed by atoms with Gasteiger partial charge in [0.25, 0.3) is 0 Å². The molecule has 2 aliphatic carbocycles. The van der Waals surface area contributed by atoms with Gasteiger partial charge in [-0.2, -0.15) is 0 Å². The number of carbonyl (C=O) groups is 3. The second-order valence-electron chi connectivity index (χ2n) is 7.56. The van der Waals surface area contributed by atoms with E-state index in [0.29, 0.717) is 17.0 Å². The van der Waals surface area contributed by atoms with Gasteiger partial charge in [-0.05, 0) is 30.4 Å². The van der Waals surface area contributed by atoms with Crippen LogP contribution in [0.3, 0.4) is 0 Å². The molecule has 2 aromatic carbocycles. The van der Waals surface area contributed by atoms with Gasteiger partial charge in [-0.1, -0.05) is 54.6 Å². The van der Waals surface area contributed by atoms with E-state index in [1.807, 2.05) is 6.07 Å². The van der Waals surface area contributed by atoms with Crippen LogP contribution in [0.15, 0.2) is 66.7 Å². The number of para-hydroxylation sites is 2. The lowest BCUT2D eigenvalue weighted by Gasteiger charge is -2.20. The highest BCUT2D eigenvalue weighted by atomic mass is 16.5. The van der Waals surface area contributed by atoms with Crippen LogP contribution in [-0.4, -0.2) is 24.2 Å². The Balaban J connectivity index is 1.39. The molecule has 0 aromatic heterocycles.